The van der Waals surface area contributed by atoms with E-state index >= 15 is 0 Å². The molecule has 0 unspecified atom stereocenters. The molecule has 10 N–H and O–H groups in total. The predicted octanol–water partition coefficient (Wildman–Crippen LogP) is -3.27. The maximum Gasteiger partial charge on any atom is 0.217 e. The number of hydrazine groups is 1. The largest absolute Gasteiger partial charge is 0.401 e. The third kappa shape index (κ3) is 11.2. The summed E-state index contributed by atoms with van der Waals surface area (Å²) >= 11 is 0. The average molecular weight is 380 g/mol. The summed E-state index contributed by atoms with van der Waals surface area (Å²) in [4.78, 5) is 10.7. The Morgan fingerprint density at radius 3 is 1.77 bits per heavy atom. The van der Waals surface area contributed by atoms with Crippen molar-refractivity contribution in [2.45, 2.75) is 37.5 Å². The molecule has 0 aliphatic rings. The molecule has 0 bridgehead atoms. The van der Waals surface area contributed by atoms with Crippen molar-refractivity contribution in [3.63, 3.8) is 0 Å². The van der Waals surface area contributed by atoms with Crippen LogP contribution < -0.4 is 17.3 Å². The summed E-state index contributed by atoms with van der Waals surface area (Å²) in [7, 11) is 0. The molecule has 11 nitrogen and oxygen atoms in total. The molecule has 0 heterocycles. The zero-order valence-electron chi connectivity index (χ0n) is 14.9. The number of aliphatic hydroxyl groups is 4. The predicted molar refractivity (Wildman–Crippen MR) is 93.0 cm³/mol. The summed E-state index contributed by atoms with van der Waals surface area (Å²) in [6, 6.07) is -0.564. The Kier molecular flexibility index (Phi) is 13.8. The number of ether oxygens (including phenoxy) is 2. The molecule has 26 heavy (non-hydrogen) atoms. The third-order valence-electron chi connectivity index (χ3n) is 3.49. The first kappa shape index (κ1) is 24.5. The second kappa shape index (κ2) is 14.7. The summed E-state index contributed by atoms with van der Waals surface area (Å²) in [5.41, 5.74) is 11.3. The number of allylic oxidation sites excluding steroid dienone is 1. The van der Waals surface area contributed by atoms with Crippen molar-refractivity contribution in [2.24, 2.45) is 17.3 Å². The van der Waals surface area contributed by atoms with Gasteiger partial charge in [-0.05, 0) is 12.8 Å². The number of nitrogens with two attached hydrogens (primary N) is 3. The van der Waals surface area contributed by atoms with Gasteiger partial charge in [0.15, 0.2) is 0 Å². The van der Waals surface area contributed by atoms with E-state index in [1.807, 2.05) is 0 Å². The smallest absolute Gasteiger partial charge is 0.217 e. The van der Waals surface area contributed by atoms with E-state index < -0.39 is 24.2 Å². The summed E-state index contributed by atoms with van der Waals surface area (Å²) in [6.07, 6.45) is 1.02. The summed E-state index contributed by atoms with van der Waals surface area (Å²) in [6.45, 7) is -1.47. The summed E-state index contributed by atoms with van der Waals surface area (Å²) in [5.74, 6) is 5.55. The summed E-state index contributed by atoms with van der Waals surface area (Å²) in [5, 5.41) is 37.5. The molecule has 0 aromatic heterocycles. The second-order valence-electron chi connectivity index (χ2n) is 5.77. The lowest BCUT2D eigenvalue weighted by Gasteiger charge is -2.29. The van der Waals surface area contributed by atoms with Gasteiger partial charge in [0, 0.05) is 18.3 Å². The van der Waals surface area contributed by atoms with Crippen LogP contribution in [0.4, 0.5) is 0 Å². The van der Waals surface area contributed by atoms with E-state index in [0.717, 1.165) is 0 Å². The highest BCUT2D eigenvalue weighted by atomic mass is 16.5. The number of carbonyl (C=O) groups excluding carboxylic acids is 1. The molecule has 0 aromatic carbocycles. The normalized spacial score (nSPS) is 12.4. The Morgan fingerprint density at radius 1 is 0.923 bits per heavy atom. The molecule has 0 fully saturated rings. The number of hydrogen-bond acceptors (Lipinski definition) is 10. The number of aliphatic hydroxyl groups excluding tert-OH is 4. The van der Waals surface area contributed by atoms with Gasteiger partial charge in [-0.15, -0.1) is 0 Å². The van der Waals surface area contributed by atoms with E-state index in [9.17, 15) is 4.79 Å². The lowest BCUT2D eigenvalue weighted by molar-refractivity contribution is -0.118. The minimum atomic E-state index is -0.769. The van der Waals surface area contributed by atoms with Crippen LogP contribution in [0, 0.1) is 0 Å². The van der Waals surface area contributed by atoms with Gasteiger partial charge < -0.3 is 46.4 Å². The highest BCUT2D eigenvalue weighted by Gasteiger charge is 2.19. The van der Waals surface area contributed by atoms with Gasteiger partial charge in [0.25, 0.3) is 0 Å². The number of primary amides is 1. The first-order valence-electron chi connectivity index (χ1n) is 8.32. The van der Waals surface area contributed by atoms with Crippen LogP contribution in [-0.2, 0) is 14.3 Å². The van der Waals surface area contributed by atoms with Gasteiger partial charge in [0.2, 0.25) is 5.91 Å². The highest BCUT2D eigenvalue weighted by Crippen LogP contribution is 2.07. The highest BCUT2D eigenvalue weighted by molar-refractivity contribution is 5.73. The van der Waals surface area contributed by atoms with Crippen LogP contribution in [0.15, 0.2) is 11.9 Å². The molecule has 0 radical (unpaired) electrons. The molecule has 0 aliphatic heterocycles. The van der Waals surface area contributed by atoms with Gasteiger partial charge in [-0.1, -0.05) is 0 Å². The number of hydrogen-bond donors (Lipinski definition) is 7. The first-order valence-corrected chi connectivity index (χ1v) is 8.32. The third-order valence-corrected chi connectivity index (χ3v) is 3.49. The van der Waals surface area contributed by atoms with E-state index in [0.29, 0.717) is 18.5 Å². The van der Waals surface area contributed by atoms with Crippen molar-refractivity contribution in [3.05, 3.63) is 11.9 Å². The molecule has 0 atom stereocenters. The Morgan fingerprint density at radius 2 is 1.38 bits per heavy atom. The fraction of sp³-hybridized carbons (Fsp3) is 0.800. The van der Waals surface area contributed by atoms with Gasteiger partial charge >= 0.3 is 0 Å². The molecule has 0 rings (SSSR count). The van der Waals surface area contributed by atoms with E-state index in [1.165, 1.54) is 11.2 Å². The maximum absolute atomic E-state index is 10.7. The molecule has 0 saturated carbocycles. The van der Waals surface area contributed by atoms with Crippen LogP contribution in [0.1, 0.15) is 19.3 Å². The topological polar surface area (TPSA) is 198 Å². The van der Waals surface area contributed by atoms with Crippen molar-refractivity contribution in [3.8, 4) is 0 Å². The van der Waals surface area contributed by atoms with Crippen LogP contribution >= 0.6 is 0 Å². The SMILES string of the molecule is NC(=O)CCC/C(N)=C/N(N)C(COC(CO)CO)COC(CO)CO. The number of nitrogens with zero attached hydrogens (tertiary/aromatic N) is 1. The van der Waals surface area contributed by atoms with E-state index in [2.05, 4.69) is 0 Å². The quantitative estimate of drug-likeness (QED) is 0.105. The fourth-order valence-corrected chi connectivity index (χ4v) is 1.87. The number of carbonyl (C=O) groups is 1. The Bertz CT molecular complexity index is 387. The van der Waals surface area contributed by atoms with Crippen molar-refractivity contribution in [1.29, 1.82) is 0 Å². The average Bonchev–Trinajstić information content (AvgIpc) is 2.60. The molecule has 0 spiro atoms. The van der Waals surface area contributed by atoms with Crippen LogP contribution in [0.2, 0.25) is 0 Å². The van der Waals surface area contributed by atoms with Crippen LogP contribution in [0.5, 0.6) is 0 Å². The van der Waals surface area contributed by atoms with Gasteiger partial charge in [0.05, 0.1) is 45.7 Å². The first-order chi connectivity index (χ1) is 12.4. The lowest BCUT2D eigenvalue weighted by atomic mass is 10.2. The van der Waals surface area contributed by atoms with Gasteiger partial charge in [-0.2, -0.15) is 0 Å². The van der Waals surface area contributed by atoms with Crippen molar-refractivity contribution >= 4 is 5.91 Å². The van der Waals surface area contributed by atoms with E-state index in [-0.39, 0.29) is 46.1 Å². The molecule has 1 amide bonds. The van der Waals surface area contributed by atoms with E-state index in [4.69, 9.17) is 47.2 Å². The van der Waals surface area contributed by atoms with Crippen molar-refractivity contribution in [1.82, 2.24) is 5.01 Å². The zero-order chi connectivity index (χ0) is 19.9. The number of rotatable bonds is 16. The lowest BCUT2D eigenvalue weighted by Crippen LogP contribution is -2.46. The standard InChI is InChI=1S/C15H32N4O7/c16-11(2-1-3-15(17)24)4-19(18)12(9-25-13(5-20)6-21)10-26-14(7-22)8-23/h4,12-14,20-23H,1-3,5-10,16,18H2,(H2,17,24)/b11-4-. The molecule has 0 aromatic rings. The van der Waals surface area contributed by atoms with E-state index in [1.54, 1.807) is 0 Å². The van der Waals surface area contributed by atoms with Crippen LogP contribution in [0.25, 0.3) is 0 Å². The van der Waals surface area contributed by atoms with Crippen molar-refractivity contribution in [2.75, 3.05) is 39.6 Å². The van der Waals surface area contributed by atoms with Gasteiger partial charge in [-0.25, -0.2) is 5.84 Å². The van der Waals surface area contributed by atoms with Crippen LogP contribution in [0.3, 0.4) is 0 Å². The Hall–Kier alpha value is -1.47. The second-order valence-corrected chi connectivity index (χ2v) is 5.77. The monoisotopic (exact) mass is 380 g/mol. The van der Waals surface area contributed by atoms with Crippen LogP contribution in [-0.4, -0.2) is 89.2 Å². The molecule has 11 heteroatoms. The molecule has 154 valence electrons. The number of amides is 1. The minimum absolute atomic E-state index is 0.00305. The molecule has 0 aliphatic carbocycles. The van der Waals surface area contributed by atoms with Gasteiger partial charge in [-0.3, -0.25) is 4.79 Å². The molecule has 0 saturated heterocycles. The van der Waals surface area contributed by atoms with Gasteiger partial charge in [0.1, 0.15) is 12.2 Å². The van der Waals surface area contributed by atoms with Crippen molar-refractivity contribution < 1.29 is 34.7 Å². The zero-order valence-corrected chi connectivity index (χ0v) is 14.9. The Balaban J connectivity index is 4.78. The summed E-state index contributed by atoms with van der Waals surface area (Å²) < 4.78 is 10.7. The Labute approximate surface area is 152 Å². The minimum Gasteiger partial charge on any atom is -0.401 e. The molecular formula is C15H32N4O7. The molecular weight excluding hydrogens is 348 g/mol. The maximum atomic E-state index is 10.7. The fourth-order valence-electron chi connectivity index (χ4n) is 1.87.